The zero-order chi connectivity index (χ0) is 22.5. The molecule has 0 aromatic heterocycles. The molecule has 2 aromatic rings. The van der Waals surface area contributed by atoms with Crippen molar-refractivity contribution in [2.75, 3.05) is 40.0 Å². The minimum absolute atomic E-state index is 0.214. The number of benzene rings is 2. The normalized spacial score (nSPS) is 9.97. The summed E-state index contributed by atoms with van der Waals surface area (Å²) in [6.45, 7) is 2.73. The van der Waals surface area contributed by atoms with E-state index in [1.165, 1.54) is 11.0 Å². The van der Waals surface area contributed by atoms with Gasteiger partial charge in [-0.15, -0.1) is 0 Å². The summed E-state index contributed by atoms with van der Waals surface area (Å²) in [6, 6.07) is 16.0. The van der Waals surface area contributed by atoms with Gasteiger partial charge in [-0.3, -0.25) is 4.79 Å². The molecule has 1 amide bonds. The van der Waals surface area contributed by atoms with Crippen LogP contribution in [0.1, 0.15) is 23.7 Å². The predicted molar refractivity (Wildman–Crippen MR) is 113 cm³/mol. The third-order valence-electron chi connectivity index (χ3n) is 4.14. The summed E-state index contributed by atoms with van der Waals surface area (Å²) < 4.78 is 22.0. The first kappa shape index (κ1) is 23.5. The van der Waals surface area contributed by atoms with E-state index < -0.39 is 12.6 Å². The summed E-state index contributed by atoms with van der Waals surface area (Å²) in [7, 11) is 1.55. The van der Waals surface area contributed by atoms with Crippen LogP contribution in [0.5, 0.6) is 17.2 Å². The standard InChI is InChI=1S/C23H26N2O6/c1-3-28-21-16-18(23(27)31-17-22(26)25(2)13-7-12-24)10-11-20(21)30-15-14-29-19-8-5-4-6-9-19/h4-6,8-11,16H,3,7,13-15,17H2,1-2H3. The van der Waals surface area contributed by atoms with Crippen LogP contribution < -0.4 is 14.2 Å². The van der Waals surface area contributed by atoms with Crippen molar-refractivity contribution in [3.8, 4) is 23.3 Å². The van der Waals surface area contributed by atoms with Gasteiger partial charge in [0.1, 0.15) is 19.0 Å². The lowest BCUT2D eigenvalue weighted by molar-refractivity contribution is -0.133. The lowest BCUT2D eigenvalue weighted by Crippen LogP contribution is -2.31. The summed E-state index contributed by atoms with van der Waals surface area (Å²) in [5.74, 6) is 0.590. The molecule has 2 rings (SSSR count). The Labute approximate surface area is 181 Å². The van der Waals surface area contributed by atoms with Gasteiger partial charge < -0.3 is 23.8 Å². The molecule has 0 N–H and O–H groups in total. The maximum absolute atomic E-state index is 12.3. The highest BCUT2D eigenvalue weighted by molar-refractivity contribution is 5.92. The van der Waals surface area contributed by atoms with Crippen LogP contribution in [0.2, 0.25) is 0 Å². The molecule has 0 radical (unpaired) electrons. The molecule has 0 bridgehead atoms. The van der Waals surface area contributed by atoms with Crippen LogP contribution in [0.15, 0.2) is 48.5 Å². The fourth-order valence-corrected chi connectivity index (χ4v) is 2.51. The van der Waals surface area contributed by atoms with Crippen molar-refractivity contribution in [1.82, 2.24) is 4.90 Å². The number of amides is 1. The Balaban J connectivity index is 1.90. The van der Waals surface area contributed by atoms with Crippen LogP contribution >= 0.6 is 0 Å². The van der Waals surface area contributed by atoms with Crippen LogP contribution in [0.3, 0.4) is 0 Å². The molecule has 0 saturated carbocycles. The Morgan fingerprint density at radius 2 is 1.74 bits per heavy atom. The second-order valence-electron chi connectivity index (χ2n) is 6.40. The zero-order valence-corrected chi connectivity index (χ0v) is 17.7. The maximum Gasteiger partial charge on any atom is 0.338 e. The van der Waals surface area contributed by atoms with E-state index in [1.54, 1.807) is 19.2 Å². The van der Waals surface area contributed by atoms with Crippen molar-refractivity contribution in [1.29, 1.82) is 5.26 Å². The van der Waals surface area contributed by atoms with E-state index in [0.29, 0.717) is 31.3 Å². The molecule has 0 heterocycles. The molecule has 8 heteroatoms. The molecule has 0 aliphatic heterocycles. The van der Waals surface area contributed by atoms with E-state index >= 15 is 0 Å². The minimum Gasteiger partial charge on any atom is -0.490 e. The number of likely N-dealkylation sites (N-methyl/N-ethyl adjacent to an activating group) is 1. The molecule has 0 unspecified atom stereocenters. The molecule has 0 fully saturated rings. The van der Waals surface area contributed by atoms with Crippen LogP contribution in [0.25, 0.3) is 0 Å². The highest BCUT2D eigenvalue weighted by Crippen LogP contribution is 2.29. The van der Waals surface area contributed by atoms with Gasteiger partial charge in [-0.25, -0.2) is 4.79 Å². The number of nitrogens with zero attached hydrogens (tertiary/aromatic N) is 2. The largest absolute Gasteiger partial charge is 0.490 e. The number of rotatable bonds is 12. The van der Waals surface area contributed by atoms with Crippen LogP contribution in [-0.4, -0.2) is 56.8 Å². The molecular weight excluding hydrogens is 400 g/mol. The molecule has 164 valence electrons. The summed E-state index contributed by atoms with van der Waals surface area (Å²) in [5.41, 5.74) is 0.240. The van der Waals surface area contributed by atoms with E-state index in [-0.39, 0.29) is 24.4 Å². The van der Waals surface area contributed by atoms with Gasteiger partial charge in [0.2, 0.25) is 0 Å². The molecule has 31 heavy (non-hydrogen) atoms. The van der Waals surface area contributed by atoms with Crippen molar-refractivity contribution in [2.45, 2.75) is 13.3 Å². The number of ether oxygens (including phenoxy) is 4. The summed E-state index contributed by atoms with van der Waals surface area (Å²) >= 11 is 0. The number of para-hydroxylation sites is 1. The van der Waals surface area contributed by atoms with E-state index in [2.05, 4.69) is 0 Å². The summed E-state index contributed by atoms with van der Waals surface area (Å²) in [4.78, 5) is 25.6. The quantitative estimate of drug-likeness (QED) is 0.380. The fourth-order valence-electron chi connectivity index (χ4n) is 2.51. The topological polar surface area (TPSA) is 98.1 Å². The average molecular weight is 426 g/mol. The predicted octanol–water partition coefficient (Wildman–Crippen LogP) is 3.07. The average Bonchev–Trinajstić information content (AvgIpc) is 2.80. The molecular formula is C23H26N2O6. The molecule has 0 aliphatic rings. The van der Waals surface area contributed by atoms with Crippen LogP contribution in [0, 0.1) is 11.3 Å². The van der Waals surface area contributed by atoms with Crippen molar-refractivity contribution in [2.24, 2.45) is 0 Å². The number of hydrogen-bond acceptors (Lipinski definition) is 7. The highest BCUT2D eigenvalue weighted by atomic mass is 16.5. The van der Waals surface area contributed by atoms with Gasteiger partial charge in [-0.1, -0.05) is 18.2 Å². The Hall–Kier alpha value is -3.73. The van der Waals surface area contributed by atoms with Crippen LogP contribution in [-0.2, 0) is 9.53 Å². The van der Waals surface area contributed by atoms with Crippen LogP contribution in [0.4, 0.5) is 0 Å². The van der Waals surface area contributed by atoms with E-state index in [1.807, 2.05) is 43.3 Å². The Bertz CT molecular complexity index is 895. The van der Waals surface area contributed by atoms with Gasteiger partial charge in [0.25, 0.3) is 5.91 Å². The van der Waals surface area contributed by atoms with Gasteiger partial charge in [0.15, 0.2) is 18.1 Å². The Morgan fingerprint density at radius 3 is 2.45 bits per heavy atom. The fraction of sp³-hybridized carbons (Fsp3) is 0.348. The molecule has 0 aliphatic carbocycles. The van der Waals surface area contributed by atoms with E-state index in [0.717, 1.165) is 5.75 Å². The molecule has 0 saturated heterocycles. The number of esters is 1. The first-order chi connectivity index (χ1) is 15.0. The van der Waals surface area contributed by atoms with Crippen molar-refractivity contribution in [3.63, 3.8) is 0 Å². The smallest absolute Gasteiger partial charge is 0.338 e. The molecule has 0 spiro atoms. The third kappa shape index (κ3) is 7.90. The molecule has 0 atom stereocenters. The first-order valence-corrected chi connectivity index (χ1v) is 9.90. The minimum atomic E-state index is -0.651. The lowest BCUT2D eigenvalue weighted by Gasteiger charge is -2.16. The van der Waals surface area contributed by atoms with Crippen molar-refractivity contribution in [3.05, 3.63) is 54.1 Å². The van der Waals surface area contributed by atoms with E-state index in [4.69, 9.17) is 24.2 Å². The molecule has 8 nitrogen and oxygen atoms in total. The van der Waals surface area contributed by atoms with Gasteiger partial charge in [0, 0.05) is 13.6 Å². The molecule has 2 aromatic carbocycles. The lowest BCUT2D eigenvalue weighted by atomic mass is 10.2. The van der Waals surface area contributed by atoms with Gasteiger partial charge >= 0.3 is 5.97 Å². The van der Waals surface area contributed by atoms with Gasteiger partial charge in [-0.2, -0.15) is 5.26 Å². The maximum atomic E-state index is 12.3. The van der Waals surface area contributed by atoms with Gasteiger partial charge in [-0.05, 0) is 37.3 Å². The SMILES string of the molecule is CCOc1cc(C(=O)OCC(=O)N(C)CCC#N)ccc1OCCOc1ccccc1. The highest BCUT2D eigenvalue weighted by Gasteiger charge is 2.16. The summed E-state index contributed by atoms with van der Waals surface area (Å²) in [5, 5.41) is 8.57. The zero-order valence-electron chi connectivity index (χ0n) is 17.7. The van der Waals surface area contributed by atoms with E-state index in [9.17, 15) is 9.59 Å². The third-order valence-corrected chi connectivity index (χ3v) is 4.14. The summed E-state index contributed by atoms with van der Waals surface area (Å²) in [6.07, 6.45) is 0.214. The number of carbonyl (C=O) groups is 2. The second kappa shape index (κ2) is 12.8. The Morgan fingerprint density at radius 1 is 1.00 bits per heavy atom. The van der Waals surface area contributed by atoms with Crippen molar-refractivity contribution >= 4 is 11.9 Å². The number of hydrogen-bond donors (Lipinski definition) is 0. The second-order valence-corrected chi connectivity index (χ2v) is 6.40. The number of nitriles is 1. The monoisotopic (exact) mass is 426 g/mol. The van der Waals surface area contributed by atoms with Gasteiger partial charge in [0.05, 0.1) is 24.7 Å². The first-order valence-electron chi connectivity index (χ1n) is 9.90. The van der Waals surface area contributed by atoms with Crippen molar-refractivity contribution < 1.29 is 28.5 Å². The number of carbonyl (C=O) groups excluding carboxylic acids is 2. The Kier molecular flexibility index (Phi) is 9.69.